The smallest absolute Gasteiger partial charge is 0.156 e. The average Bonchev–Trinajstić information content (AvgIpc) is 2.16. The Morgan fingerprint density at radius 1 is 1.57 bits per heavy atom. The number of carbonyl (C=O) groups is 1. The zero-order chi connectivity index (χ0) is 10.6. The standard InChI is InChI=1S/C11H9FO2/c1-3-8(2)14-11-5-9(7-13)4-10(12)6-11/h1,4-8H,2H3. The SMILES string of the molecule is C#CC(C)Oc1cc(F)cc(C=O)c1. The molecular formula is C11H9FO2. The number of benzene rings is 1. The molecule has 0 aliphatic heterocycles. The molecule has 0 N–H and O–H groups in total. The molecule has 0 aliphatic carbocycles. The molecule has 1 aromatic carbocycles. The molecule has 0 radical (unpaired) electrons. The van der Waals surface area contributed by atoms with Crippen LogP contribution in [-0.2, 0) is 0 Å². The summed E-state index contributed by atoms with van der Waals surface area (Å²) >= 11 is 0. The Bertz CT molecular complexity index is 379. The Hall–Kier alpha value is -1.82. The fourth-order valence-electron chi connectivity index (χ4n) is 0.959. The van der Waals surface area contributed by atoms with Crippen molar-refractivity contribution in [2.75, 3.05) is 0 Å². The van der Waals surface area contributed by atoms with Crippen molar-refractivity contribution in [3.63, 3.8) is 0 Å². The Kier molecular flexibility index (Phi) is 3.24. The van der Waals surface area contributed by atoms with Gasteiger partial charge in [-0.1, -0.05) is 5.92 Å². The predicted molar refractivity (Wildman–Crippen MR) is 50.7 cm³/mol. The molecule has 1 rings (SSSR count). The summed E-state index contributed by atoms with van der Waals surface area (Å²) in [6.07, 6.45) is 5.19. The molecule has 0 saturated carbocycles. The highest BCUT2D eigenvalue weighted by molar-refractivity contribution is 5.75. The number of terminal acetylenes is 1. The summed E-state index contributed by atoms with van der Waals surface area (Å²) in [5.41, 5.74) is 0.226. The van der Waals surface area contributed by atoms with Crippen molar-refractivity contribution in [1.82, 2.24) is 0 Å². The van der Waals surface area contributed by atoms with Crippen LogP contribution in [0.5, 0.6) is 5.75 Å². The van der Waals surface area contributed by atoms with E-state index in [1.165, 1.54) is 12.1 Å². The summed E-state index contributed by atoms with van der Waals surface area (Å²) in [6, 6.07) is 3.74. The van der Waals surface area contributed by atoms with Gasteiger partial charge >= 0.3 is 0 Å². The van der Waals surface area contributed by atoms with Crippen LogP contribution in [0.15, 0.2) is 18.2 Å². The van der Waals surface area contributed by atoms with Gasteiger partial charge in [-0.3, -0.25) is 4.79 Å². The van der Waals surface area contributed by atoms with E-state index < -0.39 is 11.9 Å². The van der Waals surface area contributed by atoms with E-state index in [1.807, 2.05) is 0 Å². The van der Waals surface area contributed by atoms with Gasteiger partial charge in [0, 0.05) is 11.6 Å². The monoisotopic (exact) mass is 192 g/mol. The second-order valence-corrected chi connectivity index (χ2v) is 2.76. The van der Waals surface area contributed by atoms with E-state index in [1.54, 1.807) is 6.92 Å². The van der Waals surface area contributed by atoms with Crippen LogP contribution in [0, 0.1) is 18.2 Å². The van der Waals surface area contributed by atoms with E-state index in [4.69, 9.17) is 11.2 Å². The van der Waals surface area contributed by atoms with Crippen molar-refractivity contribution in [2.45, 2.75) is 13.0 Å². The lowest BCUT2D eigenvalue weighted by Crippen LogP contribution is -2.08. The minimum absolute atomic E-state index is 0.226. The maximum Gasteiger partial charge on any atom is 0.156 e. The highest BCUT2D eigenvalue weighted by atomic mass is 19.1. The number of rotatable bonds is 3. The summed E-state index contributed by atoms with van der Waals surface area (Å²) in [6.45, 7) is 1.66. The highest BCUT2D eigenvalue weighted by Crippen LogP contribution is 2.16. The van der Waals surface area contributed by atoms with Crippen LogP contribution < -0.4 is 4.74 Å². The molecule has 72 valence electrons. The first kappa shape index (κ1) is 10.3. The summed E-state index contributed by atoms with van der Waals surface area (Å²) in [4.78, 5) is 10.4. The number of carbonyl (C=O) groups excluding carboxylic acids is 1. The van der Waals surface area contributed by atoms with Gasteiger partial charge in [0.15, 0.2) is 6.10 Å². The molecule has 1 atom stereocenters. The molecule has 0 aliphatic rings. The fraction of sp³-hybridized carbons (Fsp3) is 0.182. The van der Waals surface area contributed by atoms with Gasteiger partial charge in [0.1, 0.15) is 17.9 Å². The lowest BCUT2D eigenvalue weighted by molar-refractivity contribution is 0.112. The van der Waals surface area contributed by atoms with Crippen molar-refractivity contribution < 1.29 is 13.9 Å². The van der Waals surface area contributed by atoms with Crippen LogP contribution in [0.3, 0.4) is 0 Å². The van der Waals surface area contributed by atoms with E-state index in [2.05, 4.69) is 5.92 Å². The van der Waals surface area contributed by atoms with E-state index >= 15 is 0 Å². The Labute approximate surface area is 81.7 Å². The quantitative estimate of drug-likeness (QED) is 0.541. The maximum absolute atomic E-state index is 12.9. The van der Waals surface area contributed by atoms with Crippen molar-refractivity contribution in [3.05, 3.63) is 29.6 Å². The molecule has 0 saturated heterocycles. The molecule has 1 unspecified atom stereocenters. The Morgan fingerprint density at radius 2 is 2.29 bits per heavy atom. The maximum atomic E-state index is 12.9. The van der Waals surface area contributed by atoms with Gasteiger partial charge in [-0.15, -0.1) is 6.42 Å². The summed E-state index contributed by atoms with van der Waals surface area (Å²) in [5, 5.41) is 0. The van der Waals surface area contributed by atoms with E-state index in [0.717, 1.165) is 6.07 Å². The zero-order valence-electron chi connectivity index (χ0n) is 7.66. The first-order valence-electron chi connectivity index (χ1n) is 4.04. The number of ether oxygens (including phenoxy) is 1. The fourth-order valence-corrected chi connectivity index (χ4v) is 0.959. The first-order valence-corrected chi connectivity index (χ1v) is 4.04. The topological polar surface area (TPSA) is 26.3 Å². The third kappa shape index (κ3) is 2.60. The van der Waals surface area contributed by atoms with Crippen LogP contribution >= 0.6 is 0 Å². The number of hydrogen-bond acceptors (Lipinski definition) is 2. The molecule has 0 fully saturated rings. The van der Waals surface area contributed by atoms with Crippen LogP contribution in [0.25, 0.3) is 0 Å². The van der Waals surface area contributed by atoms with Gasteiger partial charge in [-0.2, -0.15) is 0 Å². The molecule has 0 spiro atoms. The van der Waals surface area contributed by atoms with Crippen molar-refractivity contribution >= 4 is 6.29 Å². The zero-order valence-corrected chi connectivity index (χ0v) is 7.66. The average molecular weight is 192 g/mol. The molecular weight excluding hydrogens is 183 g/mol. The van der Waals surface area contributed by atoms with Crippen molar-refractivity contribution in [3.8, 4) is 18.1 Å². The number of aldehydes is 1. The molecule has 3 heteroatoms. The van der Waals surface area contributed by atoms with Gasteiger partial charge < -0.3 is 4.74 Å². The van der Waals surface area contributed by atoms with Gasteiger partial charge in [0.2, 0.25) is 0 Å². The van der Waals surface area contributed by atoms with E-state index in [0.29, 0.717) is 6.29 Å². The van der Waals surface area contributed by atoms with Crippen LogP contribution in [0.4, 0.5) is 4.39 Å². The highest BCUT2D eigenvalue weighted by Gasteiger charge is 2.03. The predicted octanol–water partition coefficient (Wildman–Crippen LogP) is 2.04. The molecule has 0 amide bonds. The second kappa shape index (κ2) is 4.43. The Morgan fingerprint density at radius 3 is 2.86 bits per heavy atom. The van der Waals surface area contributed by atoms with Crippen LogP contribution in [0.1, 0.15) is 17.3 Å². The van der Waals surface area contributed by atoms with Gasteiger partial charge in [-0.05, 0) is 19.1 Å². The third-order valence-electron chi connectivity index (χ3n) is 1.58. The third-order valence-corrected chi connectivity index (χ3v) is 1.58. The Balaban J connectivity index is 2.93. The van der Waals surface area contributed by atoms with Gasteiger partial charge in [0.05, 0.1) is 0 Å². The molecule has 0 heterocycles. The minimum Gasteiger partial charge on any atom is -0.478 e. The second-order valence-electron chi connectivity index (χ2n) is 2.76. The molecule has 0 aromatic heterocycles. The first-order chi connectivity index (χ1) is 6.65. The number of halogens is 1. The van der Waals surface area contributed by atoms with Crippen molar-refractivity contribution in [2.24, 2.45) is 0 Å². The van der Waals surface area contributed by atoms with E-state index in [-0.39, 0.29) is 11.3 Å². The van der Waals surface area contributed by atoms with Gasteiger partial charge in [0.25, 0.3) is 0 Å². The lowest BCUT2D eigenvalue weighted by Gasteiger charge is -2.08. The van der Waals surface area contributed by atoms with Crippen LogP contribution in [0.2, 0.25) is 0 Å². The van der Waals surface area contributed by atoms with Gasteiger partial charge in [-0.25, -0.2) is 4.39 Å². The molecule has 0 bridgehead atoms. The van der Waals surface area contributed by atoms with Crippen LogP contribution in [-0.4, -0.2) is 12.4 Å². The summed E-state index contributed by atoms with van der Waals surface area (Å²) < 4.78 is 18.0. The lowest BCUT2D eigenvalue weighted by atomic mass is 10.2. The van der Waals surface area contributed by atoms with E-state index in [9.17, 15) is 9.18 Å². The molecule has 14 heavy (non-hydrogen) atoms. The molecule has 2 nitrogen and oxygen atoms in total. The minimum atomic E-state index is -0.520. The normalized spacial score (nSPS) is 11.5. The molecule has 1 aromatic rings. The summed E-state index contributed by atoms with van der Waals surface area (Å²) in [5.74, 6) is 2.08. The van der Waals surface area contributed by atoms with Crippen molar-refractivity contribution in [1.29, 1.82) is 0 Å². The summed E-state index contributed by atoms with van der Waals surface area (Å²) in [7, 11) is 0. The number of hydrogen-bond donors (Lipinski definition) is 0. The largest absolute Gasteiger partial charge is 0.478 e.